The van der Waals surface area contributed by atoms with Gasteiger partial charge in [0.1, 0.15) is 5.54 Å². The lowest BCUT2D eigenvalue weighted by molar-refractivity contribution is -0.150. The first-order valence-electron chi connectivity index (χ1n) is 7.73. The molecule has 5 heteroatoms. The molecular formula is C16H26N2O2S. The smallest absolute Gasteiger partial charge is 0.324 e. The predicted molar refractivity (Wildman–Crippen MR) is 85.7 cm³/mol. The quantitative estimate of drug-likeness (QED) is 0.901. The third-order valence-electron chi connectivity index (χ3n) is 4.23. The first-order valence-corrected chi connectivity index (χ1v) is 8.61. The molecule has 1 unspecified atom stereocenters. The van der Waals surface area contributed by atoms with Crippen LogP contribution in [0.4, 0.5) is 0 Å². The average molecular weight is 310 g/mol. The number of carboxylic acids is 1. The van der Waals surface area contributed by atoms with Crippen molar-refractivity contribution in [2.75, 3.05) is 6.54 Å². The molecule has 1 aromatic rings. The van der Waals surface area contributed by atoms with Crippen LogP contribution < -0.4 is 0 Å². The Bertz CT molecular complexity index is 507. The molecule has 118 valence electrons. The molecule has 1 aromatic heterocycles. The predicted octanol–water partition coefficient (Wildman–Crippen LogP) is 3.66. The molecule has 1 aliphatic rings. The summed E-state index contributed by atoms with van der Waals surface area (Å²) < 4.78 is 0. The summed E-state index contributed by atoms with van der Waals surface area (Å²) in [6.07, 6.45) is 3.33. The second-order valence-corrected chi connectivity index (χ2v) is 7.86. The first-order chi connectivity index (χ1) is 9.79. The Kier molecular flexibility index (Phi) is 4.73. The number of aliphatic carboxylic acids is 1. The highest BCUT2D eigenvalue weighted by molar-refractivity contribution is 7.09. The summed E-state index contributed by atoms with van der Waals surface area (Å²) in [6.45, 7) is 10.0. The van der Waals surface area contributed by atoms with Crippen molar-refractivity contribution in [1.29, 1.82) is 0 Å². The molecule has 0 radical (unpaired) electrons. The number of carboxylic acid groups (broad SMARTS) is 1. The minimum Gasteiger partial charge on any atom is -0.480 e. The van der Waals surface area contributed by atoms with Crippen molar-refractivity contribution in [3.05, 3.63) is 16.1 Å². The molecule has 21 heavy (non-hydrogen) atoms. The molecule has 0 amide bonds. The molecule has 4 nitrogen and oxygen atoms in total. The molecule has 0 aromatic carbocycles. The molecule has 0 bridgehead atoms. The Morgan fingerprint density at radius 2 is 2.24 bits per heavy atom. The highest BCUT2D eigenvalue weighted by Gasteiger charge is 2.46. The SMILES string of the molecule is CCCC1(C(=O)O)CCCN1Cc1csc(C(C)(C)C)n1. The van der Waals surface area contributed by atoms with E-state index < -0.39 is 11.5 Å². The maximum atomic E-state index is 11.8. The van der Waals surface area contributed by atoms with E-state index in [1.807, 2.05) is 0 Å². The van der Waals surface area contributed by atoms with Crippen molar-refractivity contribution >= 4 is 17.3 Å². The number of carbonyl (C=O) groups is 1. The van der Waals surface area contributed by atoms with E-state index in [0.29, 0.717) is 6.54 Å². The molecule has 1 aliphatic heterocycles. The topological polar surface area (TPSA) is 53.4 Å². The van der Waals surface area contributed by atoms with E-state index in [1.165, 1.54) is 0 Å². The van der Waals surface area contributed by atoms with Gasteiger partial charge in [-0.1, -0.05) is 34.1 Å². The fourth-order valence-corrected chi connectivity index (χ4v) is 4.03. The molecular weight excluding hydrogens is 284 g/mol. The molecule has 2 rings (SSSR count). The molecule has 1 atom stereocenters. The standard InChI is InChI=1S/C16H26N2O2S/c1-5-7-16(14(19)20)8-6-9-18(16)10-12-11-21-13(17-12)15(2,3)4/h11H,5-10H2,1-4H3,(H,19,20). The van der Waals surface area contributed by atoms with Gasteiger partial charge in [0.25, 0.3) is 0 Å². The van der Waals surface area contributed by atoms with Crippen LogP contribution in [0.2, 0.25) is 0 Å². The van der Waals surface area contributed by atoms with Crippen LogP contribution in [0, 0.1) is 0 Å². The van der Waals surface area contributed by atoms with Gasteiger partial charge in [0, 0.05) is 17.3 Å². The van der Waals surface area contributed by atoms with Crippen LogP contribution in [0.1, 0.15) is 64.1 Å². The lowest BCUT2D eigenvalue weighted by Crippen LogP contribution is -2.50. The van der Waals surface area contributed by atoms with Crippen molar-refractivity contribution in [1.82, 2.24) is 9.88 Å². The van der Waals surface area contributed by atoms with Crippen LogP contribution in [0.15, 0.2) is 5.38 Å². The van der Waals surface area contributed by atoms with Gasteiger partial charge in [-0.05, 0) is 25.8 Å². The van der Waals surface area contributed by atoms with Crippen LogP contribution in [0.5, 0.6) is 0 Å². The van der Waals surface area contributed by atoms with Crippen LogP contribution in [-0.2, 0) is 16.8 Å². The highest BCUT2D eigenvalue weighted by Crippen LogP contribution is 2.36. The second-order valence-electron chi connectivity index (χ2n) is 7.01. The van der Waals surface area contributed by atoms with Crippen molar-refractivity contribution in [3.63, 3.8) is 0 Å². The Labute approximate surface area is 131 Å². The molecule has 2 heterocycles. The fourth-order valence-electron chi connectivity index (χ4n) is 3.13. The second kappa shape index (κ2) is 6.05. The Balaban J connectivity index is 2.17. The highest BCUT2D eigenvalue weighted by atomic mass is 32.1. The van der Waals surface area contributed by atoms with Gasteiger partial charge in [0.05, 0.1) is 10.7 Å². The lowest BCUT2D eigenvalue weighted by atomic mass is 9.90. The van der Waals surface area contributed by atoms with Gasteiger partial charge in [0.2, 0.25) is 0 Å². The molecule has 0 spiro atoms. The number of rotatable bonds is 5. The fraction of sp³-hybridized carbons (Fsp3) is 0.750. The van der Waals surface area contributed by atoms with Crippen molar-refractivity contribution in [2.24, 2.45) is 0 Å². The minimum absolute atomic E-state index is 0.0568. The summed E-state index contributed by atoms with van der Waals surface area (Å²) in [4.78, 5) is 18.7. The van der Waals surface area contributed by atoms with E-state index >= 15 is 0 Å². The van der Waals surface area contributed by atoms with Gasteiger partial charge in [-0.3, -0.25) is 9.69 Å². The monoisotopic (exact) mass is 310 g/mol. The molecule has 1 saturated heterocycles. The van der Waals surface area contributed by atoms with Crippen molar-refractivity contribution in [2.45, 2.75) is 70.9 Å². The molecule has 0 saturated carbocycles. The first kappa shape index (κ1) is 16.4. The summed E-state index contributed by atoms with van der Waals surface area (Å²) in [5.74, 6) is -0.673. The number of hydrogen-bond acceptors (Lipinski definition) is 4. The van der Waals surface area contributed by atoms with Gasteiger partial charge in [-0.25, -0.2) is 4.98 Å². The van der Waals surface area contributed by atoms with E-state index in [2.05, 4.69) is 38.0 Å². The molecule has 0 aliphatic carbocycles. The van der Waals surface area contributed by atoms with Crippen LogP contribution in [-0.4, -0.2) is 33.0 Å². The Morgan fingerprint density at radius 3 is 2.76 bits per heavy atom. The summed E-state index contributed by atoms with van der Waals surface area (Å²) >= 11 is 1.68. The number of aromatic nitrogens is 1. The van der Waals surface area contributed by atoms with Gasteiger partial charge in [0.15, 0.2) is 0 Å². The zero-order valence-electron chi connectivity index (χ0n) is 13.5. The third-order valence-corrected chi connectivity index (χ3v) is 5.55. The summed E-state index contributed by atoms with van der Waals surface area (Å²) in [5.41, 5.74) is 0.384. The molecule has 1 N–H and O–H groups in total. The maximum absolute atomic E-state index is 11.8. The molecule has 1 fully saturated rings. The van der Waals surface area contributed by atoms with E-state index in [9.17, 15) is 9.90 Å². The van der Waals surface area contributed by atoms with Gasteiger partial charge in [-0.15, -0.1) is 11.3 Å². The largest absolute Gasteiger partial charge is 0.480 e. The van der Waals surface area contributed by atoms with Crippen LogP contribution in [0.25, 0.3) is 0 Å². The average Bonchev–Trinajstić information content (AvgIpc) is 2.98. The van der Waals surface area contributed by atoms with E-state index in [4.69, 9.17) is 4.98 Å². The summed E-state index contributed by atoms with van der Waals surface area (Å²) in [5, 5.41) is 12.9. The van der Waals surface area contributed by atoms with E-state index in [1.54, 1.807) is 11.3 Å². The lowest BCUT2D eigenvalue weighted by Gasteiger charge is -2.34. The zero-order valence-corrected chi connectivity index (χ0v) is 14.3. The van der Waals surface area contributed by atoms with Gasteiger partial charge >= 0.3 is 5.97 Å². The number of hydrogen-bond donors (Lipinski definition) is 1. The van der Waals surface area contributed by atoms with Gasteiger partial charge in [-0.2, -0.15) is 0 Å². The third kappa shape index (κ3) is 3.29. The van der Waals surface area contributed by atoms with E-state index in [0.717, 1.165) is 42.9 Å². The normalized spacial score (nSPS) is 23.6. The Hall–Kier alpha value is -0.940. The maximum Gasteiger partial charge on any atom is 0.324 e. The van der Waals surface area contributed by atoms with Crippen molar-refractivity contribution < 1.29 is 9.90 Å². The van der Waals surface area contributed by atoms with E-state index in [-0.39, 0.29) is 5.41 Å². The summed E-state index contributed by atoms with van der Waals surface area (Å²) in [6, 6.07) is 0. The van der Waals surface area contributed by atoms with Crippen molar-refractivity contribution in [3.8, 4) is 0 Å². The van der Waals surface area contributed by atoms with Crippen LogP contribution >= 0.6 is 11.3 Å². The summed E-state index contributed by atoms with van der Waals surface area (Å²) in [7, 11) is 0. The Morgan fingerprint density at radius 1 is 1.52 bits per heavy atom. The number of nitrogens with zero attached hydrogens (tertiary/aromatic N) is 2. The minimum atomic E-state index is -0.680. The zero-order chi connectivity index (χ0) is 15.7. The van der Waals surface area contributed by atoms with Gasteiger partial charge < -0.3 is 5.11 Å². The number of thiazole rings is 1. The van der Waals surface area contributed by atoms with Crippen LogP contribution in [0.3, 0.4) is 0 Å². The number of likely N-dealkylation sites (tertiary alicyclic amines) is 1.